The van der Waals surface area contributed by atoms with Crippen LogP contribution < -0.4 is 15.6 Å². The molecule has 1 aliphatic rings. The Morgan fingerprint density at radius 1 is 1.08 bits per heavy atom. The number of aryl methyl sites for hydroxylation is 1. The van der Waals surface area contributed by atoms with Crippen LogP contribution in [0, 0.1) is 6.92 Å². The quantitative estimate of drug-likeness (QED) is 0.237. The molecule has 1 amide bonds. The van der Waals surface area contributed by atoms with Crippen molar-refractivity contribution in [3.63, 3.8) is 0 Å². The molecule has 1 fully saturated rings. The van der Waals surface area contributed by atoms with Gasteiger partial charge in [0, 0.05) is 25.6 Å². The van der Waals surface area contributed by atoms with Gasteiger partial charge in [0.1, 0.15) is 16.9 Å². The van der Waals surface area contributed by atoms with Gasteiger partial charge in [-0.25, -0.2) is 13.4 Å². The average molecular weight is 567 g/mol. The summed E-state index contributed by atoms with van der Waals surface area (Å²) in [5.41, 5.74) is 5.21. The fourth-order valence-electron chi connectivity index (χ4n) is 3.89. The Morgan fingerprint density at radius 2 is 1.79 bits per heavy atom. The number of nitrogens with zero attached hydrogens (tertiary/aromatic N) is 4. The number of aromatic nitrogens is 2. The van der Waals surface area contributed by atoms with Crippen molar-refractivity contribution in [2.75, 3.05) is 41.9 Å². The maximum atomic E-state index is 13.5. The van der Waals surface area contributed by atoms with Crippen molar-refractivity contribution < 1.29 is 22.4 Å². The number of amides is 1. The fourth-order valence-corrected chi connectivity index (χ4v) is 6.10. The number of anilines is 3. The first-order chi connectivity index (χ1) is 18.8. The summed E-state index contributed by atoms with van der Waals surface area (Å²) in [4.78, 5) is 22.5. The second-order valence-corrected chi connectivity index (χ2v) is 11.6. The minimum atomic E-state index is -3.96. The number of nitrogens with one attached hydrogen (secondary N) is 2. The topological polar surface area (TPSA) is 139 Å². The molecule has 0 unspecified atom stereocenters. The molecule has 1 aliphatic heterocycles. The third-order valence-corrected chi connectivity index (χ3v) is 8.32. The Balaban J connectivity index is 1.43. The van der Waals surface area contributed by atoms with Gasteiger partial charge in [0.05, 0.1) is 18.1 Å². The Hall–Kier alpha value is -4.07. The molecule has 0 radical (unpaired) electrons. The Labute approximate surface area is 229 Å². The first-order valence-electron chi connectivity index (χ1n) is 12.1. The molecule has 2 aromatic heterocycles. The number of rotatable bonds is 8. The van der Waals surface area contributed by atoms with Crippen molar-refractivity contribution in [2.24, 2.45) is 5.10 Å². The molecule has 0 bridgehead atoms. The van der Waals surface area contributed by atoms with Gasteiger partial charge in [0.25, 0.3) is 0 Å². The number of carbonyl (C=O) groups is 1. The Morgan fingerprint density at radius 3 is 2.49 bits per heavy atom. The summed E-state index contributed by atoms with van der Waals surface area (Å²) in [5.74, 6) is -0.0610. The zero-order valence-electron chi connectivity index (χ0n) is 21.2. The van der Waals surface area contributed by atoms with Crippen LogP contribution in [0.5, 0.6) is 0 Å². The predicted molar refractivity (Wildman–Crippen MR) is 149 cm³/mol. The molecule has 2 N–H and O–H groups in total. The molecular weight excluding hydrogens is 540 g/mol. The maximum absolute atomic E-state index is 13.5. The van der Waals surface area contributed by atoms with Crippen LogP contribution in [-0.4, -0.2) is 56.8 Å². The summed E-state index contributed by atoms with van der Waals surface area (Å²) >= 11 is 1.21. The monoisotopic (exact) mass is 566 g/mol. The lowest BCUT2D eigenvalue weighted by molar-refractivity contribution is -0.114. The normalized spacial score (nSPS) is 14.1. The number of oxazole rings is 1. The SMILES string of the molecule is CC(=O)Nc1sc(N/N=C\c2nc(S(=O)(=O)c3ccc(C)cc3)c(N3CCOCC3)o2)nc1-c1ccccc1. The molecule has 0 aliphatic carbocycles. The number of thiazole rings is 1. The van der Waals surface area contributed by atoms with Gasteiger partial charge in [0.2, 0.25) is 37.7 Å². The van der Waals surface area contributed by atoms with Crippen molar-refractivity contribution >= 4 is 49.3 Å². The molecule has 0 saturated carbocycles. The van der Waals surface area contributed by atoms with E-state index in [1.165, 1.54) is 24.5 Å². The van der Waals surface area contributed by atoms with Crippen molar-refractivity contribution in [3.8, 4) is 11.3 Å². The number of morpholine rings is 1. The van der Waals surface area contributed by atoms with Gasteiger partial charge in [-0.15, -0.1) is 0 Å². The van der Waals surface area contributed by atoms with Gasteiger partial charge in [-0.3, -0.25) is 10.2 Å². The number of carbonyl (C=O) groups excluding carboxylic acids is 1. The number of ether oxygens (including phenoxy) is 1. The van der Waals surface area contributed by atoms with Gasteiger partial charge in [-0.1, -0.05) is 59.4 Å². The third-order valence-electron chi connectivity index (χ3n) is 5.78. The van der Waals surface area contributed by atoms with E-state index in [-0.39, 0.29) is 27.6 Å². The molecule has 11 nitrogen and oxygen atoms in total. The fraction of sp³-hybridized carbons (Fsp3) is 0.231. The van der Waals surface area contributed by atoms with Crippen LogP contribution >= 0.6 is 11.3 Å². The van der Waals surface area contributed by atoms with E-state index in [1.807, 2.05) is 37.3 Å². The van der Waals surface area contributed by atoms with E-state index in [2.05, 4.69) is 25.8 Å². The highest BCUT2D eigenvalue weighted by Gasteiger charge is 2.31. The van der Waals surface area contributed by atoms with Crippen LogP contribution in [0.15, 0.2) is 74.0 Å². The first-order valence-corrected chi connectivity index (χ1v) is 14.4. The number of hydrogen-bond acceptors (Lipinski definition) is 11. The zero-order valence-corrected chi connectivity index (χ0v) is 22.9. The van der Waals surface area contributed by atoms with Gasteiger partial charge in [-0.05, 0) is 19.1 Å². The lowest BCUT2D eigenvalue weighted by atomic mass is 10.2. The molecule has 0 spiro atoms. The van der Waals surface area contributed by atoms with Crippen molar-refractivity contribution in [2.45, 2.75) is 23.8 Å². The largest absolute Gasteiger partial charge is 0.418 e. The van der Waals surface area contributed by atoms with Crippen LogP contribution in [0.25, 0.3) is 11.3 Å². The summed E-state index contributed by atoms with van der Waals surface area (Å²) in [6, 6.07) is 16.0. The van der Waals surface area contributed by atoms with Gasteiger partial charge in [-0.2, -0.15) is 10.1 Å². The summed E-state index contributed by atoms with van der Waals surface area (Å²) in [7, 11) is -3.96. The van der Waals surface area contributed by atoms with Gasteiger partial charge < -0.3 is 19.4 Å². The second kappa shape index (κ2) is 11.4. The number of hydrazone groups is 1. The van der Waals surface area contributed by atoms with Crippen molar-refractivity contribution in [1.29, 1.82) is 0 Å². The van der Waals surface area contributed by atoms with Gasteiger partial charge >= 0.3 is 0 Å². The standard InChI is InChI=1S/C26H26N6O5S2/c1-17-8-10-20(11-9-17)39(34,35)24-25(32-12-14-36-15-13-32)37-21(29-24)16-27-31-26-30-22(19-6-4-3-5-7-19)23(38-26)28-18(2)33/h3-11,16H,12-15H2,1-2H3,(H,28,33)(H,30,31)/b27-16-. The highest BCUT2D eigenvalue weighted by Crippen LogP contribution is 2.36. The summed E-state index contributed by atoms with van der Waals surface area (Å²) in [6.07, 6.45) is 1.29. The minimum absolute atomic E-state index is 0.0107. The van der Waals surface area contributed by atoms with Gasteiger partial charge in [0.15, 0.2) is 0 Å². The first kappa shape index (κ1) is 26.5. The van der Waals surface area contributed by atoms with E-state index >= 15 is 0 Å². The zero-order chi connectivity index (χ0) is 27.4. The van der Waals surface area contributed by atoms with E-state index in [0.29, 0.717) is 42.1 Å². The van der Waals surface area contributed by atoms with E-state index in [4.69, 9.17) is 9.15 Å². The summed E-state index contributed by atoms with van der Waals surface area (Å²) < 4.78 is 38.3. The molecule has 4 aromatic rings. The smallest absolute Gasteiger partial charge is 0.243 e. The molecule has 13 heteroatoms. The van der Waals surface area contributed by atoms with Crippen LogP contribution in [0.2, 0.25) is 0 Å². The highest BCUT2D eigenvalue weighted by molar-refractivity contribution is 7.91. The Kier molecular flexibility index (Phi) is 7.72. The highest BCUT2D eigenvalue weighted by atomic mass is 32.2. The number of sulfone groups is 1. The van der Waals surface area contributed by atoms with Crippen LogP contribution in [0.3, 0.4) is 0 Å². The van der Waals surface area contributed by atoms with Crippen molar-refractivity contribution in [3.05, 3.63) is 66.1 Å². The lowest BCUT2D eigenvalue weighted by Gasteiger charge is -2.26. The van der Waals surface area contributed by atoms with E-state index in [0.717, 1.165) is 11.1 Å². The molecular formula is C26H26N6O5S2. The molecule has 0 atom stereocenters. The van der Waals surface area contributed by atoms with Crippen LogP contribution in [0.1, 0.15) is 18.4 Å². The number of benzene rings is 2. The molecule has 5 rings (SSSR count). The summed E-state index contributed by atoms with van der Waals surface area (Å²) in [5, 5.41) is 7.78. The Bertz CT molecular complexity index is 1590. The lowest BCUT2D eigenvalue weighted by Crippen LogP contribution is -2.36. The third kappa shape index (κ3) is 6.00. The second-order valence-electron chi connectivity index (χ2n) is 8.69. The average Bonchev–Trinajstić information content (AvgIpc) is 3.54. The summed E-state index contributed by atoms with van der Waals surface area (Å²) in [6.45, 7) is 5.13. The van der Waals surface area contributed by atoms with Crippen LogP contribution in [-0.2, 0) is 19.4 Å². The van der Waals surface area contributed by atoms with E-state index in [1.54, 1.807) is 29.2 Å². The molecule has 1 saturated heterocycles. The van der Waals surface area contributed by atoms with E-state index in [9.17, 15) is 13.2 Å². The maximum Gasteiger partial charge on any atom is 0.243 e. The molecule has 2 aromatic carbocycles. The molecule has 39 heavy (non-hydrogen) atoms. The van der Waals surface area contributed by atoms with Crippen molar-refractivity contribution in [1.82, 2.24) is 9.97 Å². The predicted octanol–water partition coefficient (Wildman–Crippen LogP) is 4.18. The van der Waals surface area contributed by atoms with Crippen LogP contribution in [0.4, 0.5) is 16.0 Å². The minimum Gasteiger partial charge on any atom is -0.418 e. The number of hydrogen-bond donors (Lipinski definition) is 2. The van der Waals surface area contributed by atoms with E-state index < -0.39 is 9.84 Å². The molecule has 3 heterocycles. The molecule has 202 valence electrons.